The van der Waals surface area contributed by atoms with E-state index in [2.05, 4.69) is 23.5 Å². The highest BCUT2D eigenvalue weighted by atomic mass is 35.5. The highest BCUT2D eigenvalue weighted by Gasteiger charge is 2.41. The van der Waals surface area contributed by atoms with Crippen LogP contribution in [0.1, 0.15) is 25.7 Å². The summed E-state index contributed by atoms with van der Waals surface area (Å²) in [5, 5.41) is 4.54. The molecule has 2 saturated carbocycles. The Labute approximate surface area is 114 Å². The van der Waals surface area contributed by atoms with Crippen molar-refractivity contribution in [2.75, 3.05) is 24.3 Å². The SMILES string of the molecule is CN(C)c1ccc(NC(C2CC2)C2CC2)cc1Cl. The van der Waals surface area contributed by atoms with Gasteiger partial charge in [0.05, 0.1) is 10.7 Å². The summed E-state index contributed by atoms with van der Waals surface area (Å²) in [6.45, 7) is 0. The Morgan fingerprint density at radius 1 is 1.17 bits per heavy atom. The van der Waals surface area contributed by atoms with E-state index in [1.165, 1.54) is 31.4 Å². The molecular weight excluding hydrogens is 244 g/mol. The van der Waals surface area contributed by atoms with Crippen molar-refractivity contribution in [3.63, 3.8) is 0 Å². The second-order valence-corrected chi connectivity index (χ2v) is 6.31. The fourth-order valence-electron chi connectivity index (χ4n) is 2.68. The van der Waals surface area contributed by atoms with Gasteiger partial charge in [-0.25, -0.2) is 0 Å². The van der Waals surface area contributed by atoms with Gasteiger partial charge in [0.15, 0.2) is 0 Å². The summed E-state index contributed by atoms with van der Waals surface area (Å²) in [7, 11) is 4.04. The largest absolute Gasteiger partial charge is 0.382 e. The van der Waals surface area contributed by atoms with Gasteiger partial charge in [0.25, 0.3) is 0 Å². The Hall–Kier alpha value is -0.890. The number of benzene rings is 1. The molecule has 0 radical (unpaired) electrons. The summed E-state index contributed by atoms with van der Waals surface area (Å²) in [5.74, 6) is 1.81. The van der Waals surface area contributed by atoms with Gasteiger partial charge in [-0.05, 0) is 55.7 Å². The number of nitrogens with one attached hydrogen (secondary N) is 1. The smallest absolute Gasteiger partial charge is 0.0659 e. The van der Waals surface area contributed by atoms with E-state index in [-0.39, 0.29) is 0 Å². The Morgan fingerprint density at radius 2 is 1.78 bits per heavy atom. The predicted octanol–water partition coefficient (Wildman–Crippen LogP) is 4.01. The average Bonchev–Trinajstić information content (AvgIpc) is 3.17. The summed E-state index contributed by atoms with van der Waals surface area (Å²) in [6.07, 6.45) is 5.60. The van der Waals surface area contributed by atoms with E-state index in [9.17, 15) is 0 Å². The molecule has 2 aliphatic carbocycles. The normalized spacial score (nSPS) is 19.1. The van der Waals surface area contributed by atoms with Crippen LogP contribution in [0.5, 0.6) is 0 Å². The number of hydrogen-bond acceptors (Lipinski definition) is 2. The lowest BCUT2D eigenvalue weighted by Crippen LogP contribution is -2.24. The second kappa shape index (κ2) is 4.65. The number of rotatable bonds is 5. The molecule has 0 spiro atoms. The zero-order chi connectivity index (χ0) is 12.7. The Balaban J connectivity index is 1.73. The van der Waals surface area contributed by atoms with Crippen LogP contribution < -0.4 is 10.2 Å². The lowest BCUT2D eigenvalue weighted by atomic mass is 10.1. The van der Waals surface area contributed by atoms with Crippen molar-refractivity contribution in [2.45, 2.75) is 31.7 Å². The van der Waals surface area contributed by atoms with E-state index in [1.54, 1.807) is 0 Å². The first-order chi connectivity index (χ1) is 8.65. The van der Waals surface area contributed by atoms with E-state index in [0.29, 0.717) is 6.04 Å². The van der Waals surface area contributed by atoms with Crippen molar-refractivity contribution in [1.82, 2.24) is 0 Å². The molecule has 1 aromatic rings. The standard InChI is InChI=1S/C15H21ClN2/c1-18(2)14-8-7-12(9-13(14)16)17-15(10-3-4-10)11-5-6-11/h7-11,15,17H,3-6H2,1-2H3. The lowest BCUT2D eigenvalue weighted by Gasteiger charge is -2.21. The summed E-state index contributed by atoms with van der Waals surface area (Å²) in [4.78, 5) is 2.05. The van der Waals surface area contributed by atoms with Gasteiger partial charge >= 0.3 is 0 Å². The maximum absolute atomic E-state index is 6.32. The first-order valence-electron chi connectivity index (χ1n) is 6.88. The molecule has 1 aromatic carbocycles. The molecule has 0 heterocycles. The molecule has 2 aliphatic rings. The van der Waals surface area contributed by atoms with Crippen LogP contribution in [0.4, 0.5) is 11.4 Å². The lowest BCUT2D eigenvalue weighted by molar-refractivity contribution is 0.568. The van der Waals surface area contributed by atoms with Crippen LogP contribution in [-0.4, -0.2) is 20.1 Å². The Kier molecular flexibility index (Phi) is 3.14. The van der Waals surface area contributed by atoms with Gasteiger partial charge in [0.2, 0.25) is 0 Å². The minimum absolute atomic E-state index is 0.686. The third-order valence-electron chi connectivity index (χ3n) is 4.02. The molecule has 1 N–H and O–H groups in total. The topological polar surface area (TPSA) is 15.3 Å². The van der Waals surface area contributed by atoms with Crippen molar-refractivity contribution < 1.29 is 0 Å². The Bertz CT molecular complexity index is 424. The van der Waals surface area contributed by atoms with Gasteiger partial charge in [-0.2, -0.15) is 0 Å². The third kappa shape index (κ3) is 2.59. The van der Waals surface area contributed by atoms with Crippen molar-refractivity contribution in [2.24, 2.45) is 11.8 Å². The molecule has 0 aliphatic heterocycles. The molecule has 98 valence electrons. The maximum atomic E-state index is 6.32. The first kappa shape index (κ1) is 12.2. The van der Waals surface area contributed by atoms with Crippen LogP contribution in [0, 0.1) is 11.8 Å². The molecule has 0 unspecified atom stereocenters. The van der Waals surface area contributed by atoms with Crippen molar-refractivity contribution in [1.29, 1.82) is 0 Å². The molecule has 2 fully saturated rings. The fraction of sp³-hybridized carbons (Fsp3) is 0.600. The number of anilines is 2. The minimum atomic E-state index is 0.686. The predicted molar refractivity (Wildman–Crippen MR) is 78.6 cm³/mol. The molecule has 3 rings (SSSR count). The summed E-state index contributed by atoms with van der Waals surface area (Å²) in [6, 6.07) is 7.00. The highest BCUT2D eigenvalue weighted by molar-refractivity contribution is 6.33. The zero-order valence-corrected chi connectivity index (χ0v) is 11.9. The van der Waals surface area contributed by atoms with E-state index in [4.69, 9.17) is 11.6 Å². The monoisotopic (exact) mass is 264 g/mol. The molecule has 0 atom stereocenters. The van der Waals surface area contributed by atoms with Gasteiger partial charge in [-0.3, -0.25) is 0 Å². The van der Waals surface area contributed by atoms with Crippen molar-refractivity contribution >= 4 is 23.0 Å². The number of nitrogens with zero attached hydrogens (tertiary/aromatic N) is 1. The molecular formula is C15H21ClN2. The van der Waals surface area contributed by atoms with Crippen LogP contribution in [0.2, 0.25) is 5.02 Å². The van der Waals surface area contributed by atoms with Crippen LogP contribution in [0.25, 0.3) is 0 Å². The van der Waals surface area contributed by atoms with Crippen LogP contribution in [0.3, 0.4) is 0 Å². The Morgan fingerprint density at radius 3 is 2.22 bits per heavy atom. The maximum Gasteiger partial charge on any atom is 0.0659 e. The molecule has 0 saturated heterocycles. The third-order valence-corrected chi connectivity index (χ3v) is 4.33. The molecule has 2 nitrogen and oxygen atoms in total. The molecule has 18 heavy (non-hydrogen) atoms. The molecule has 0 aromatic heterocycles. The zero-order valence-electron chi connectivity index (χ0n) is 11.1. The second-order valence-electron chi connectivity index (χ2n) is 5.91. The van der Waals surface area contributed by atoms with Crippen LogP contribution >= 0.6 is 11.6 Å². The average molecular weight is 265 g/mol. The highest BCUT2D eigenvalue weighted by Crippen LogP contribution is 2.46. The fourth-order valence-corrected chi connectivity index (χ4v) is 3.03. The van der Waals surface area contributed by atoms with Crippen molar-refractivity contribution in [3.05, 3.63) is 23.2 Å². The summed E-state index contributed by atoms with van der Waals surface area (Å²) < 4.78 is 0. The van der Waals surface area contributed by atoms with E-state index in [1.807, 2.05) is 19.0 Å². The van der Waals surface area contributed by atoms with Gasteiger partial charge in [0, 0.05) is 25.8 Å². The number of hydrogen-bond donors (Lipinski definition) is 1. The molecule has 0 amide bonds. The van der Waals surface area contributed by atoms with Crippen molar-refractivity contribution in [3.8, 4) is 0 Å². The van der Waals surface area contributed by atoms with E-state index in [0.717, 1.165) is 22.5 Å². The quantitative estimate of drug-likeness (QED) is 0.865. The summed E-state index contributed by atoms with van der Waals surface area (Å²) in [5.41, 5.74) is 2.26. The molecule has 0 bridgehead atoms. The van der Waals surface area contributed by atoms with Gasteiger partial charge < -0.3 is 10.2 Å². The summed E-state index contributed by atoms with van der Waals surface area (Å²) >= 11 is 6.32. The van der Waals surface area contributed by atoms with Crippen LogP contribution in [-0.2, 0) is 0 Å². The van der Waals surface area contributed by atoms with E-state index >= 15 is 0 Å². The van der Waals surface area contributed by atoms with Gasteiger partial charge in [-0.15, -0.1) is 0 Å². The minimum Gasteiger partial charge on any atom is -0.382 e. The van der Waals surface area contributed by atoms with Gasteiger partial charge in [-0.1, -0.05) is 11.6 Å². The van der Waals surface area contributed by atoms with Crippen LogP contribution in [0.15, 0.2) is 18.2 Å². The van der Waals surface area contributed by atoms with Gasteiger partial charge in [0.1, 0.15) is 0 Å². The molecule has 3 heteroatoms. The first-order valence-corrected chi connectivity index (χ1v) is 7.26. The van der Waals surface area contributed by atoms with E-state index < -0.39 is 0 Å². The number of halogens is 1.